The largest absolute Gasteiger partial charge is 0.417 e. The van der Waals surface area contributed by atoms with E-state index in [0.717, 1.165) is 20.9 Å². The van der Waals surface area contributed by atoms with Crippen LogP contribution in [0.2, 0.25) is 0 Å². The van der Waals surface area contributed by atoms with Gasteiger partial charge in [-0.05, 0) is 48.5 Å². The van der Waals surface area contributed by atoms with Crippen LogP contribution in [-0.4, -0.2) is 24.3 Å². The number of nitrogens with one attached hydrogen (secondary N) is 2. The van der Waals surface area contributed by atoms with Crippen LogP contribution in [-0.2, 0) is 11.0 Å². The third-order valence-electron chi connectivity index (χ3n) is 4.15. The summed E-state index contributed by atoms with van der Waals surface area (Å²) in [5.41, 5.74) is 2.60. The highest BCUT2D eigenvalue weighted by molar-refractivity contribution is 9.10. The molecule has 6 nitrogen and oxygen atoms in total. The average Bonchev–Trinajstić information content (AvgIpc) is 2.77. The van der Waals surface area contributed by atoms with Gasteiger partial charge in [0.1, 0.15) is 5.69 Å². The molecule has 32 heavy (non-hydrogen) atoms. The van der Waals surface area contributed by atoms with Crippen molar-refractivity contribution in [1.29, 1.82) is 0 Å². The second-order valence-corrected chi connectivity index (χ2v) is 8.34. The summed E-state index contributed by atoms with van der Waals surface area (Å²) in [5.74, 6) is -0.315. The first-order valence-corrected chi connectivity index (χ1v) is 10.7. The van der Waals surface area contributed by atoms with E-state index in [-0.39, 0.29) is 21.8 Å². The summed E-state index contributed by atoms with van der Waals surface area (Å²) in [5, 5.41) is 3.59. The Labute approximate surface area is 194 Å². The predicted molar refractivity (Wildman–Crippen MR) is 120 cm³/mol. The lowest BCUT2D eigenvalue weighted by atomic mass is 10.2. The molecule has 0 aliphatic rings. The van der Waals surface area contributed by atoms with Crippen LogP contribution in [0, 0.1) is 0 Å². The van der Waals surface area contributed by atoms with Crippen molar-refractivity contribution in [2.45, 2.75) is 16.0 Å². The van der Waals surface area contributed by atoms with Gasteiger partial charge in [0.25, 0.3) is 5.91 Å². The molecule has 0 aliphatic heterocycles. The fourth-order valence-electron chi connectivity index (χ4n) is 2.66. The minimum atomic E-state index is -4.54. The molecule has 0 unspecified atom stereocenters. The van der Waals surface area contributed by atoms with Crippen LogP contribution in [0.5, 0.6) is 0 Å². The Morgan fingerprint density at radius 3 is 2.56 bits per heavy atom. The van der Waals surface area contributed by atoms with Gasteiger partial charge in [-0.2, -0.15) is 13.2 Å². The zero-order valence-corrected chi connectivity index (χ0v) is 18.9. The van der Waals surface area contributed by atoms with Crippen LogP contribution in [0.1, 0.15) is 16.1 Å². The van der Waals surface area contributed by atoms with Crippen LogP contribution in [0.3, 0.4) is 0 Å². The topological polar surface area (TPSA) is 74.3 Å². The fraction of sp³-hybridized carbons (Fsp3) is 0.0952. The molecule has 0 fully saturated rings. The van der Waals surface area contributed by atoms with Crippen LogP contribution >= 0.6 is 27.7 Å². The van der Waals surface area contributed by atoms with Gasteiger partial charge < -0.3 is 5.32 Å². The standard InChI is InChI=1S/C21H16BrF3N4O2S/c1-26-20(31)19-11-16(7-8-27-19)32-15-4-2-3-14(10-15)29(12-30)28-13-5-6-18(22)17(9-13)21(23,24)25/h2-12,28H,1H3,(H,26,31). The van der Waals surface area contributed by atoms with Crippen molar-refractivity contribution < 1.29 is 22.8 Å². The maximum atomic E-state index is 13.2. The molecule has 166 valence electrons. The highest BCUT2D eigenvalue weighted by atomic mass is 79.9. The normalized spacial score (nSPS) is 11.0. The Kier molecular flexibility index (Phi) is 7.41. The Bertz CT molecular complexity index is 1140. The quantitative estimate of drug-likeness (QED) is 0.321. The Morgan fingerprint density at radius 2 is 1.88 bits per heavy atom. The van der Waals surface area contributed by atoms with Gasteiger partial charge in [0.15, 0.2) is 0 Å². The molecule has 11 heteroatoms. The van der Waals surface area contributed by atoms with Gasteiger partial charge >= 0.3 is 6.18 Å². The Balaban J connectivity index is 1.82. The van der Waals surface area contributed by atoms with Crippen LogP contribution in [0.4, 0.5) is 24.5 Å². The molecule has 0 saturated heterocycles. The first-order valence-electron chi connectivity index (χ1n) is 9.05. The number of hydrogen-bond donors (Lipinski definition) is 2. The maximum absolute atomic E-state index is 13.2. The van der Waals surface area contributed by atoms with E-state index in [2.05, 4.69) is 31.7 Å². The zero-order chi connectivity index (χ0) is 23.3. The van der Waals surface area contributed by atoms with Crippen LogP contribution in [0.15, 0.2) is 75.1 Å². The lowest BCUT2D eigenvalue weighted by molar-refractivity contribution is -0.138. The van der Waals surface area contributed by atoms with Gasteiger partial charge in [0, 0.05) is 27.5 Å². The second kappa shape index (κ2) is 10.0. The molecule has 0 atom stereocenters. The van der Waals surface area contributed by atoms with Crippen molar-refractivity contribution in [2.24, 2.45) is 0 Å². The molecule has 2 amide bonds. The van der Waals surface area contributed by atoms with Crippen LogP contribution in [0.25, 0.3) is 0 Å². The molecule has 0 spiro atoms. The van der Waals surface area contributed by atoms with E-state index < -0.39 is 11.7 Å². The summed E-state index contributed by atoms with van der Waals surface area (Å²) in [6.07, 6.45) is -2.56. The first kappa shape index (κ1) is 23.6. The van der Waals surface area contributed by atoms with Crippen molar-refractivity contribution in [3.05, 3.63) is 76.5 Å². The monoisotopic (exact) mass is 524 g/mol. The minimum absolute atomic E-state index is 0.0926. The number of aromatic nitrogens is 1. The molecule has 1 aromatic heterocycles. The SMILES string of the molecule is CNC(=O)c1cc(Sc2cccc(N(C=O)Nc3ccc(Br)c(C(F)(F)F)c3)c2)ccn1. The number of hydrazine groups is 1. The number of alkyl halides is 3. The number of anilines is 2. The van der Waals surface area contributed by atoms with E-state index in [1.54, 1.807) is 36.4 Å². The third kappa shape index (κ3) is 5.80. The van der Waals surface area contributed by atoms with Crippen molar-refractivity contribution in [1.82, 2.24) is 10.3 Å². The van der Waals surface area contributed by atoms with Crippen molar-refractivity contribution in [3.63, 3.8) is 0 Å². The van der Waals surface area contributed by atoms with E-state index >= 15 is 0 Å². The number of nitrogens with zero attached hydrogens (tertiary/aromatic N) is 2. The Hall–Kier alpha value is -3.05. The van der Waals surface area contributed by atoms with E-state index in [1.165, 1.54) is 37.1 Å². The molecule has 1 heterocycles. The maximum Gasteiger partial charge on any atom is 0.417 e. The number of rotatable bonds is 7. The lowest BCUT2D eigenvalue weighted by Gasteiger charge is -2.21. The highest BCUT2D eigenvalue weighted by Gasteiger charge is 2.33. The summed E-state index contributed by atoms with van der Waals surface area (Å²) in [7, 11) is 1.51. The lowest BCUT2D eigenvalue weighted by Crippen LogP contribution is -2.28. The molecule has 3 rings (SSSR count). The molecule has 0 aliphatic carbocycles. The van der Waals surface area contributed by atoms with Gasteiger partial charge in [-0.3, -0.25) is 20.0 Å². The van der Waals surface area contributed by atoms with Gasteiger partial charge in [-0.25, -0.2) is 5.01 Å². The molecule has 2 N–H and O–H groups in total. The van der Waals surface area contributed by atoms with Gasteiger partial charge in [0.05, 0.1) is 16.9 Å². The second-order valence-electron chi connectivity index (χ2n) is 6.33. The number of halogens is 4. The zero-order valence-electron chi connectivity index (χ0n) is 16.5. The molecule has 0 bridgehead atoms. The smallest absolute Gasteiger partial charge is 0.354 e. The van der Waals surface area contributed by atoms with Crippen molar-refractivity contribution in [3.8, 4) is 0 Å². The molecule has 0 radical (unpaired) electrons. The summed E-state index contributed by atoms with van der Waals surface area (Å²) >= 11 is 4.23. The molecule has 0 saturated carbocycles. The number of carbonyl (C=O) groups excluding carboxylic acids is 2. The first-order chi connectivity index (χ1) is 15.2. The van der Waals surface area contributed by atoms with E-state index in [1.807, 2.05) is 0 Å². The van der Waals surface area contributed by atoms with Gasteiger partial charge in [-0.15, -0.1) is 0 Å². The summed E-state index contributed by atoms with van der Waals surface area (Å²) in [4.78, 5) is 28.9. The van der Waals surface area contributed by atoms with E-state index in [4.69, 9.17) is 0 Å². The predicted octanol–water partition coefficient (Wildman–Crippen LogP) is 5.36. The average molecular weight is 525 g/mol. The molecular formula is C21H16BrF3N4O2S. The minimum Gasteiger partial charge on any atom is -0.354 e. The summed E-state index contributed by atoms with van der Waals surface area (Å²) in [6.45, 7) is 0. The number of pyridine rings is 1. The Morgan fingerprint density at radius 1 is 1.12 bits per heavy atom. The van der Waals surface area contributed by atoms with E-state index in [0.29, 0.717) is 12.1 Å². The van der Waals surface area contributed by atoms with Crippen molar-refractivity contribution in [2.75, 3.05) is 17.5 Å². The number of carbonyl (C=O) groups is 2. The van der Waals surface area contributed by atoms with Gasteiger partial charge in [0.2, 0.25) is 6.41 Å². The van der Waals surface area contributed by atoms with Crippen LogP contribution < -0.4 is 15.8 Å². The van der Waals surface area contributed by atoms with E-state index in [9.17, 15) is 22.8 Å². The van der Waals surface area contributed by atoms with Crippen molar-refractivity contribution >= 4 is 51.4 Å². The third-order valence-corrected chi connectivity index (χ3v) is 5.82. The number of benzene rings is 2. The number of amides is 2. The summed E-state index contributed by atoms with van der Waals surface area (Å²) in [6, 6.07) is 13.8. The fourth-order valence-corrected chi connectivity index (χ4v) is 4.03. The summed E-state index contributed by atoms with van der Waals surface area (Å²) < 4.78 is 39.4. The molecule has 2 aromatic carbocycles. The highest BCUT2D eigenvalue weighted by Crippen LogP contribution is 2.37. The molecular weight excluding hydrogens is 509 g/mol. The van der Waals surface area contributed by atoms with Gasteiger partial charge in [-0.1, -0.05) is 33.8 Å². The molecule has 3 aromatic rings. The number of hydrogen-bond acceptors (Lipinski definition) is 5.